The Balaban J connectivity index is 2.08. The summed E-state index contributed by atoms with van der Waals surface area (Å²) in [6.07, 6.45) is 2.62. The van der Waals surface area contributed by atoms with Gasteiger partial charge in [0, 0.05) is 38.7 Å². The average molecular weight is 453 g/mol. The van der Waals surface area contributed by atoms with Crippen molar-refractivity contribution in [1.29, 1.82) is 0 Å². The van der Waals surface area contributed by atoms with E-state index in [1.807, 2.05) is 31.2 Å². The first-order valence-electron chi connectivity index (χ1n) is 8.98. The highest BCUT2D eigenvalue weighted by molar-refractivity contribution is 8.03. The number of hydrogen-bond donors (Lipinski definition) is 2. The van der Waals surface area contributed by atoms with Crippen LogP contribution in [0.3, 0.4) is 0 Å². The second-order valence-electron chi connectivity index (χ2n) is 7.13. The molecule has 0 fully saturated rings. The van der Waals surface area contributed by atoms with Crippen LogP contribution in [0.1, 0.15) is 20.8 Å². The average Bonchev–Trinajstić information content (AvgIpc) is 2.93. The van der Waals surface area contributed by atoms with Gasteiger partial charge in [-0.15, -0.1) is 0 Å². The minimum atomic E-state index is -0.823. The zero-order valence-corrected chi connectivity index (χ0v) is 18.6. The molecular weight excluding hydrogens is 431 g/mol. The number of allylic oxidation sites excluding steroid dienone is 1. The van der Waals surface area contributed by atoms with Crippen LogP contribution < -0.4 is 16.0 Å². The number of benzene rings is 1. The minimum absolute atomic E-state index is 0.0568. The van der Waals surface area contributed by atoms with Gasteiger partial charge in [-0.1, -0.05) is 48.8 Å². The molecule has 1 atom stereocenters. The van der Waals surface area contributed by atoms with Crippen molar-refractivity contribution >= 4 is 46.7 Å². The molecule has 9 heteroatoms. The maximum absolute atomic E-state index is 11.3. The van der Waals surface area contributed by atoms with Crippen LogP contribution in [0, 0.1) is 5.92 Å². The third-order valence-corrected chi connectivity index (χ3v) is 5.88. The van der Waals surface area contributed by atoms with Crippen molar-refractivity contribution in [3.05, 3.63) is 63.5 Å². The summed E-state index contributed by atoms with van der Waals surface area (Å²) in [6, 6.07) is 9.23. The van der Waals surface area contributed by atoms with Crippen LogP contribution in [-0.2, 0) is 4.74 Å². The maximum atomic E-state index is 11.3. The number of primary amides is 1. The first-order chi connectivity index (χ1) is 13.7. The van der Waals surface area contributed by atoms with E-state index < -0.39 is 11.8 Å². The highest BCUT2D eigenvalue weighted by Crippen LogP contribution is 2.45. The molecule has 1 aromatic carbocycles. The number of anilines is 1. The topological polar surface area (TPSA) is 80.5 Å². The minimum Gasteiger partial charge on any atom is -0.445 e. The number of carbonyl (C=O) groups excluding carboxylic acids is 1. The number of nitrogens with one attached hydrogen (secondary N) is 1. The van der Waals surface area contributed by atoms with Gasteiger partial charge in [0.05, 0.1) is 0 Å². The number of pyridine rings is 1. The van der Waals surface area contributed by atoms with E-state index in [1.54, 1.807) is 18.5 Å². The lowest BCUT2D eigenvalue weighted by Crippen LogP contribution is -2.54. The Morgan fingerprint density at radius 2 is 1.90 bits per heavy atom. The molecule has 29 heavy (non-hydrogen) atoms. The van der Waals surface area contributed by atoms with Crippen molar-refractivity contribution in [3.63, 3.8) is 0 Å². The highest BCUT2D eigenvalue weighted by atomic mass is 35.5. The SMILES string of the molecule is CC(C)C1=C(Sc2cc(Cl)cc(Cl)c2)N(c2ccncc2)C(C)(COC(N)=O)N1. The summed E-state index contributed by atoms with van der Waals surface area (Å²) < 4.78 is 5.19. The third kappa shape index (κ3) is 4.91. The molecular formula is C20H22Cl2N4O2S. The van der Waals surface area contributed by atoms with E-state index in [1.165, 1.54) is 11.8 Å². The van der Waals surface area contributed by atoms with Gasteiger partial charge in [-0.2, -0.15) is 0 Å². The van der Waals surface area contributed by atoms with Gasteiger partial charge in [-0.3, -0.25) is 4.98 Å². The van der Waals surface area contributed by atoms with Gasteiger partial charge < -0.3 is 20.7 Å². The summed E-state index contributed by atoms with van der Waals surface area (Å²) >= 11 is 13.9. The smallest absolute Gasteiger partial charge is 0.404 e. The summed E-state index contributed by atoms with van der Waals surface area (Å²) in [6.45, 7) is 6.21. The molecule has 3 rings (SSSR count). The molecule has 0 aliphatic carbocycles. The first kappa shape index (κ1) is 21.6. The number of nitrogens with zero attached hydrogens (tertiary/aromatic N) is 2. The highest BCUT2D eigenvalue weighted by Gasteiger charge is 2.44. The lowest BCUT2D eigenvalue weighted by atomic mass is 10.1. The molecule has 2 heterocycles. The summed E-state index contributed by atoms with van der Waals surface area (Å²) in [4.78, 5) is 18.4. The van der Waals surface area contributed by atoms with E-state index >= 15 is 0 Å². The summed E-state index contributed by atoms with van der Waals surface area (Å²) in [5.41, 5.74) is 6.41. The van der Waals surface area contributed by atoms with Crippen molar-refractivity contribution < 1.29 is 9.53 Å². The molecule has 1 unspecified atom stereocenters. The number of rotatable bonds is 6. The maximum Gasteiger partial charge on any atom is 0.404 e. The van der Waals surface area contributed by atoms with E-state index in [0.717, 1.165) is 21.3 Å². The fourth-order valence-corrected chi connectivity index (χ4v) is 5.19. The Hall–Kier alpha value is -2.09. The van der Waals surface area contributed by atoms with Gasteiger partial charge >= 0.3 is 6.09 Å². The molecule has 3 N–H and O–H groups in total. The summed E-state index contributed by atoms with van der Waals surface area (Å²) in [5.74, 6) is 0.187. The lowest BCUT2D eigenvalue weighted by Gasteiger charge is -2.37. The fourth-order valence-electron chi connectivity index (χ4n) is 3.14. The molecule has 6 nitrogen and oxygen atoms in total. The predicted molar refractivity (Wildman–Crippen MR) is 118 cm³/mol. The number of amides is 1. The van der Waals surface area contributed by atoms with E-state index in [0.29, 0.717) is 10.0 Å². The lowest BCUT2D eigenvalue weighted by molar-refractivity contribution is 0.124. The van der Waals surface area contributed by atoms with Gasteiger partial charge in [0.1, 0.15) is 17.3 Å². The summed E-state index contributed by atoms with van der Waals surface area (Å²) in [5, 5.41) is 5.62. The first-order valence-corrected chi connectivity index (χ1v) is 10.6. The monoisotopic (exact) mass is 452 g/mol. The van der Waals surface area contributed by atoms with E-state index in [4.69, 9.17) is 33.7 Å². The molecule has 154 valence electrons. The van der Waals surface area contributed by atoms with Crippen LogP contribution >= 0.6 is 35.0 Å². The van der Waals surface area contributed by atoms with Gasteiger partial charge in [0.2, 0.25) is 0 Å². The van der Waals surface area contributed by atoms with Crippen LogP contribution in [0.2, 0.25) is 10.0 Å². The van der Waals surface area contributed by atoms with E-state index in [2.05, 4.69) is 29.0 Å². The van der Waals surface area contributed by atoms with Crippen molar-refractivity contribution in [3.8, 4) is 0 Å². The number of nitrogens with two attached hydrogens (primary N) is 1. The van der Waals surface area contributed by atoms with Crippen LogP contribution in [0.4, 0.5) is 10.5 Å². The van der Waals surface area contributed by atoms with Crippen LogP contribution in [0.5, 0.6) is 0 Å². The molecule has 0 radical (unpaired) electrons. The molecule has 1 aliphatic heterocycles. The molecule has 1 aliphatic rings. The van der Waals surface area contributed by atoms with Gasteiger partial charge in [-0.05, 0) is 43.2 Å². The molecule has 0 saturated carbocycles. The second kappa shape index (κ2) is 8.73. The number of halogens is 2. The fraction of sp³-hybridized carbons (Fsp3) is 0.300. The Bertz CT molecular complexity index is 919. The molecule has 1 amide bonds. The second-order valence-corrected chi connectivity index (χ2v) is 9.06. The predicted octanol–water partition coefficient (Wildman–Crippen LogP) is 5.23. The van der Waals surface area contributed by atoms with Gasteiger partial charge in [0.25, 0.3) is 0 Å². The van der Waals surface area contributed by atoms with Crippen LogP contribution in [0.15, 0.2) is 58.3 Å². The van der Waals surface area contributed by atoms with Crippen LogP contribution in [0.25, 0.3) is 0 Å². The quantitative estimate of drug-likeness (QED) is 0.624. The Morgan fingerprint density at radius 1 is 1.28 bits per heavy atom. The molecule has 0 spiro atoms. The normalized spacial score (nSPS) is 18.9. The van der Waals surface area contributed by atoms with Crippen molar-refractivity contribution in [2.75, 3.05) is 11.5 Å². The van der Waals surface area contributed by atoms with Gasteiger partial charge in [-0.25, -0.2) is 4.79 Å². The number of carbonyl (C=O) groups is 1. The van der Waals surface area contributed by atoms with Crippen LogP contribution in [-0.4, -0.2) is 23.3 Å². The van der Waals surface area contributed by atoms with E-state index in [9.17, 15) is 4.79 Å². The molecule has 2 aromatic rings. The van der Waals surface area contributed by atoms with Crippen molar-refractivity contribution in [1.82, 2.24) is 10.3 Å². The zero-order valence-electron chi connectivity index (χ0n) is 16.3. The standard InChI is InChI=1S/C20H22Cl2N4O2S/c1-12(2)17-18(29-16-9-13(21)8-14(22)10-16)26(15-4-6-24-7-5-15)20(3,25-17)11-28-19(23)27/h4-10,12,25H,11H2,1-3H3,(H2,23,27). The number of thioether (sulfide) groups is 1. The Labute approximate surface area is 184 Å². The Morgan fingerprint density at radius 3 is 2.45 bits per heavy atom. The van der Waals surface area contributed by atoms with E-state index in [-0.39, 0.29) is 12.5 Å². The number of hydrogen-bond acceptors (Lipinski definition) is 6. The molecule has 0 saturated heterocycles. The molecule has 1 aromatic heterocycles. The Kier molecular flexibility index (Phi) is 6.51. The van der Waals surface area contributed by atoms with Crippen molar-refractivity contribution in [2.24, 2.45) is 11.7 Å². The zero-order chi connectivity index (χ0) is 21.2. The van der Waals surface area contributed by atoms with Crippen molar-refractivity contribution in [2.45, 2.75) is 31.3 Å². The summed E-state index contributed by atoms with van der Waals surface area (Å²) in [7, 11) is 0. The third-order valence-electron chi connectivity index (χ3n) is 4.38. The van der Waals surface area contributed by atoms with Gasteiger partial charge in [0.15, 0.2) is 0 Å². The number of ether oxygens (including phenoxy) is 1. The molecule has 0 bridgehead atoms. The number of aromatic nitrogens is 1. The largest absolute Gasteiger partial charge is 0.445 e.